The van der Waals surface area contributed by atoms with Crippen LogP contribution in [-0.4, -0.2) is 35.0 Å². The zero-order valence-corrected chi connectivity index (χ0v) is 11.4. The molecule has 0 spiro atoms. The number of ether oxygens (including phenoxy) is 1. The Morgan fingerprint density at radius 1 is 1.44 bits per heavy atom. The predicted molar refractivity (Wildman–Crippen MR) is 68.6 cm³/mol. The molecule has 0 saturated carbocycles. The number of likely N-dealkylation sites (tertiary alicyclic amines) is 1. The van der Waals surface area contributed by atoms with Crippen LogP contribution in [0, 0.1) is 12.3 Å². The lowest BCUT2D eigenvalue weighted by atomic mass is 10.1. The largest absolute Gasteiger partial charge is 0.458 e. The van der Waals surface area contributed by atoms with E-state index in [9.17, 15) is 9.59 Å². The fourth-order valence-electron chi connectivity index (χ4n) is 2.00. The zero-order valence-electron chi connectivity index (χ0n) is 11.4. The van der Waals surface area contributed by atoms with Crippen LogP contribution in [0.1, 0.15) is 46.5 Å². The van der Waals surface area contributed by atoms with Crippen LogP contribution in [-0.2, 0) is 14.3 Å². The normalized spacial score (nSPS) is 19.4. The highest BCUT2D eigenvalue weighted by molar-refractivity contribution is 5.85. The van der Waals surface area contributed by atoms with Gasteiger partial charge in [0.05, 0.1) is 0 Å². The number of hydrogen-bond acceptors (Lipinski definition) is 3. The van der Waals surface area contributed by atoms with Gasteiger partial charge in [0.2, 0.25) is 5.91 Å². The molecule has 0 aliphatic carbocycles. The second kappa shape index (κ2) is 5.90. The summed E-state index contributed by atoms with van der Waals surface area (Å²) in [5.74, 6) is 2.08. The Morgan fingerprint density at radius 2 is 2.11 bits per heavy atom. The van der Waals surface area contributed by atoms with Gasteiger partial charge in [-0.15, -0.1) is 12.3 Å². The van der Waals surface area contributed by atoms with E-state index in [-0.39, 0.29) is 11.9 Å². The Labute approximate surface area is 109 Å². The highest BCUT2D eigenvalue weighted by Crippen LogP contribution is 2.22. The van der Waals surface area contributed by atoms with Crippen LogP contribution in [0.25, 0.3) is 0 Å². The zero-order chi connectivity index (χ0) is 13.8. The van der Waals surface area contributed by atoms with E-state index in [1.807, 2.05) is 20.8 Å². The summed E-state index contributed by atoms with van der Waals surface area (Å²) >= 11 is 0. The first kappa shape index (κ1) is 14.6. The van der Waals surface area contributed by atoms with Gasteiger partial charge in [-0.3, -0.25) is 4.79 Å². The van der Waals surface area contributed by atoms with E-state index in [2.05, 4.69) is 5.92 Å². The molecule has 1 aliphatic heterocycles. The van der Waals surface area contributed by atoms with Gasteiger partial charge >= 0.3 is 5.97 Å². The van der Waals surface area contributed by atoms with Gasteiger partial charge in [0.25, 0.3) is 0 Å². The number of carbonyl (C=O) groups excluding carboxylic acids is 2. The molecule has 4 heteroatoms. The molecule has 0 N–H and O–H groups in total. The molecule has 1 rings (SSSR count). The molecule has 1 aliphatic rings. The van der Waals surface area contributed by atoms with Gasteiger partial charge in [0.15, 0.2) is 0 Å². The Morgan fingerprint density at radius 3 is 2.67 bits per heavy atom. The van der Waals surface area contributed by atoms with Crippen molar-refractivity contribution in [2.24, 2.45) is 0 Å². The number of nitrogens with zero attached hydrogens (tertiary/aromatic N) is 1. The average molecular weight is 251 g/mol. The average Bonchev–Trinajstić information content (AvgIpc) is 2.72. The Bertz CT molecular complexity index is 362. The number of amides is 1. The van der Waals surface area contributed by atoms with E-state index in [4.69, 9.17) is 11.2 Å². The highest BCUT2D eigenvalue weighted by Gasteiger charge is 2.36. The van der Waals surface area contributed by atoms with E-state index >= 15 is 0 Å². The van der Waals surface area contributed by atoms with Gasteiger partial charge in [0.1, 0.15) is 11.6 Å². The van der Waals surface area contributed by atoms with Crippen molar-refractivity contribution < 1.29 is 14.3 Å². The summed E-state index contributed by atoms with van der Waals surface area (Å²) in [7, 11) is 0. The van der Waals surface area contributed by atoms with E-state index in [1.165, 1.54) is 0 Å². The van der Waals surface area contributed by atoms with E-state index < -0.39 is 11.6 Å². The van der Waals surface area contributed by atoms with Crippen molar-refractivity contribution in [1.29, 1.82) is 0 Å². The van der Waals surface area contributed by atoms with Gasteiger partial charge in [-0.25, -0.2) is 4.79 Å². The van der Waals surface area contributed by atoms with Crippen molar-refractivity contribution in [3.63, 3.8) is 0 Å². The monoisotopic (exact) mass is 251 g/mol. The van der Waals surface area contributed by atoms with Crippen LogP contribution < -0.4 is 0 Å². The standard InChI is InChI=1S/C14H21NO3/c1-5-6-9-12(16)15-10-7-8-11(15)13(17)18-14(2,3)4/h1,11H,6-10H2,2-4H3/t11-/m0/s1. The Kier molecular flexibility index (Phi) is 4.77. The molecule has 1 saturated heterocycles. The van der Waals surface area contributed by atoms with Crippen LogP contribution in [0.5, 0.6) is 0 Å². The molecule has 0 unspecified atom stereocenters. The maximum atomic E-state index is 12.0. The van der Waals surface area contributed by atoms with E-state index in [1.54, 1.807) is 4.90 Å². The third-order valence-corrected chi connectivity index (χ3v) is 2.74. The number of carbonyl (C=O) groups is 2. The third kappa shape index (κ3) is 4.06. The van der Waals surface area contributed by atoms with Gasteiger partial charge in [-0.1, -0.05) is 0 Å². The maximum Gasteiger partial charge on any atom is 0.329 e. The van der Waals surface area contributed by atoms with Crippen molar-refractivity contribution in [2.75, 3.05) is 6.54 Å². The molecule has 100 valence electrons. The molecule has 0 aromatic heterocycles. The smallest absolute Gasteiger partial charge is 0.329 e. The van der Waals surface area contributed by atoms with E-state index in [0.717, 1.165) is 6.42 Å². The molecule has 1 heterocycles. The van der Waals surface area contributed by atoms with Gasteiger partial charge < -0.3 is 9.64 Å². The molecule has 18 heavy (non-hydrogen) atoms. The van der Waals surface area contributed by atoms with Crippen LogP contribution in [0.3, 0.4) is 0 Å². The van der Waals surface area contributed by atoms with Gasteiger partial charge in [-0.05, 0) is 33.6 Å². The fourth-order valence-corrected chi connectivity index (χ4v) is 2.00. The highest BCUT2D eigenvalue weighted by atomic mass is 16.6. The first-order chi connectivity index (χ1) is 8.35. The molecule has 1 atom stereocenters. The molecule has 0 radical (unpaired) electrons. The summed E-state index contributed by atoms with van der Waals surface area (Å²) < 4.78 is 5.33. The lowest BCUT2D eigenvalue weighted by Crippen LogP contribution is -2.43. The van der Waals surface area contributed by atoms with Crippen molar-refractivity contribution in [3.8, 4) is 12.3 Å². The van der Waals surface area contributed by atoms with Crippen molar-refractivity contribution in [3.05, 3.63) is 0 Å². The summed E-state index contributed by atoms with van der Waals surface area (Å²) in [5, 5.41) is 0. The van der Waals surface area contributed by atoms with Crippen LogP contribution in [0.4, 0.5) is 0 Å². The topological polar surface area (TPSA) is 46.6 Å². The first-order valence-electron chi connectivity index (χ1n) is 6.31. The number of rotatable bonds is 3. The van der Waals surface area contributed by atoms with E-state index in [0.29, 0.717) is 25.8 Å². The molecule has 0 bridgehead atoms. The quantitative estimate of drug-likeness (QED) is 0.567. The maximum absolute atomic E-state index is 12.0. The summed E-state index contributed by atoms with van der Waals surface area (Å²) in [5.41, 5.74) is -0.521. The molecule has 0 aromatic rings. The second-order valence-electron chi connectivity index (χ2n) is 5.48. The summed E-state index contributed by atoms with van der Waals surface area (Å²) in [6.07, 6.45) is 7.37. The molecule has 1 fully saturated rings. The SMILES string of the molecule is C#CCCC(=O)N1CCC[C@H]1C(=O)OC(C)(C)C. The van der Waals surface area contributed by atoms with Crippen molar-refractivity contribution in [1.82, 2.24) is 4.90 Å². The minimum absolute atomic E-state index is 0.0543. The minimum Gasteiger partial charge on any atom is -0.458 e. The first-order valence-corrected chi connectivity index (χ1v) is 6.31. The Hall–Kier alpha value is -1.50. The van der Waals surface area contributed by atoms with Gasteiger partial charge in [-0.2, -0.15) is 0 Å². The van der Waals surface area contributed by atoms with Crippen LogP contribution in [0.15, 0.2) is 0 Å². The van der Waals surface area contributed by atoms with Crippen LogP contribution in [0.2, 0.25) is 0 Å². The minimum atomic E-state index is -0.521. The fraction of sp³-hybridized carbons (Fsp3) is 0.714. The molecule has 0 aromatic carbocycles. The summed E-state index contributed by atoms with van der Waals surface area (Å²) in [6.45, 7) is 6.09. The predicted octanol–water partition coefficient (Wildman–Crippen LogP) is 1.73. The van der Waals surface area contributed by atoms with Crippen LogP contribution >= 0.6 is 0 Å². The Balaban J connectivity index is 2.62. The van der Waals surface area contributed by atoms with Crippen molar-refractivity contribution in [2.45, 2.75) is 58.1 Å². The number of esters is 1. The molecular formula is C14H21NO3. The summed E-state index contributed by atoms with van der Waals surface area (Å²) in [6, 6.07) is -0.436. The summed E-state index contributed by atoms with van der Waals surface area (Å²) in [4.78, 5) is 25.5. The molecule has 1 amide bonds. The molecular weight excluding hydrogens is 230 g/mol. The second-order valence-corrected chi connectivity index (χ2v) is 5.48. The van der Waals surface area contributed by atoms with Crippen molar-refractivity contribution >= 4 is 11.9 Å². The lowest BCUT2D eigenvalue weighted by Gasteiger charge is -2.27. The number of terminal acetylenes is 1. The third-order valence-electron chi connectivity index (χ3n) is 2.74. The lowest BCUT2D eigenvalue weighted by molar-refractivity contribution is -0.163. The number of hydrogen-bond donors (Lipinski definition) is 0. The van der Waals surface area contributed by atoms with Gasteiger partial charge in [0, 0.05) is 19.4 Å². The molecule has 4 nitrogen and oxygen atoms in total.